The summed E-state index contributed by atoms with van der Waals surface area (Å²) in [5, 5.41) is 11.7. The Morgan fingerprint density at radius 3 is 2.35 bits per heavy atom. The smallest absolute Gasteiger partial charge is 0.411 e. The molecule has 0 aliphatic heterocycles. The number of H-pyrrole nitrogens is 1. The van der Waals surface area contributed by atoms with Gasteiger partial charge in [0.05, 0.1) is 17.0 Å². The third kappa shape index (κ3) is 3.20. The molecule has 1 heterocycles. The maximum absolute atomic E-state index is 12.4. The summed E-state index contributed by atoms with van der Waals surface area (Å²) in [6.07, 6.45) is -3.83. The molecule has 0 bridgehead atoms. The maximum atomic E-state index is 12.4. The minimum absolute atomic E-state index is 0.448. The summed E-state index contributed by atoms with van der Waals surface area (Å²) in [6, 6.07) is 8.61. The van der Waals surface area contributed by atoms with Gasteiger partial charge in [-0.3, -0.25) is 0 Å². The van der Waals surface area contributed by atoms with Crippen molar-refractivity contribution < 1.29 is 18.4 Å². The molecule has 0 amide bonds. The van der Waals surface area contributed by atoms with Crippen LogP contribution in [0.3, 0.4) is 0 Å². The van der Waals surface area contributed by atoms with E-state index < -0.39 is 11.7 Å². The van der Waals surface area contributed by atoms with E-state index in [1.165, 1.54) is 12.1 Å². The zero-order chi connectivity index (χ0) is 14.8. The SMILES string of the molecule is C/C(=N\O)c1ccc(Cc2ccc(C(F)(F)F)cc2)[nH]1. The van der Waals surface area contributed by atoms with Gasteiger partial charge < -0.3 is 10.2 Å². The Labute approximate surface area is 113 Å². The second-order valence-electron chi connectivity index (χ2n) is 4.45. The minimum Gasteiger partial charge on any atom is -0.411 e. The van der Waals surface area contributed by atoms with Gasteiger partial charge in [0.2, 0.25) is 0 Å². The van der Waals surface area contributed by atoms with Crippen molar-refractivity contribution in [3.63, 3.8) is 0 Å². The molecule has 0 aliphatic rings. The van der Waals surface area contributed by atoms with E-state index in [2.05, 4.69) is 10.1 Å². The lowest BCUT2D eigenvalue weighted by atomic mass is 10.1. The first-order chi connectivity index (χ1) is 9.40. The number of hydrogen-bond acceptors (Lipinski definition) is 2. The second-order valence-corrected chi connectivity index (χ2v) is 4.45. The molecule has 0 aliphatic carbocycles. The van der Waals surface area contributed by atoms with Gasteiger partial charge in [0.15, 0.2) is 0 Å². The predicted octanol–water partition coefficient (Wildman–Crippen LogP) is 3.82. The van der Waals surface area contributed by atoms with E-state index in [-0.39, 0.29) is 0 Å². The third-order valence-electron chi connectivity index (χ3n) is 2.96. The van der Waals surface area contributed by atoms with E-state index in [1.54, 1.807) is 13.0 Å². The van der Waals surface area contributed by atoms with E-state index >= 15 is 0 Å². The van der Waals surface area contributed by atoms with Gasteiger partial charge in [0.25, 0.3) is 0 Å². The van der Waals surface area contributed by atoms with Crippen LogP contribution in [0.15, 0.2) is 41.6 Å². The standard InChI is InChI=1S/C14H13F3N2O/c1-9(19-20)13-7-6-12(18-13)8-10-2-4-11(5-3-10)14(15,16)17/h2-7,18,20H,8H2,1H3/b19-9+. The van der Waals surface area contributed by atoms with Gasteiger partial charge in [-0.2, -0.15) is 13.2 Å². The normalized spacial score (nSPS) is 12.7. The summed E-state index contributed by atoms with van der Waals surface area (Å²) >= 11 is 0. The Hall–Kier alpha value is -2.24. The lowest BCUT2D eigenvalue weighted by Crippen LogP contribution is -2.04. The average molecular weight is 282 g/mol. The van der Waals surface area contributed by atoms with Crippen molar-refractivity contribution in [1.82, 2.24) is 4.98 Å². The molecule has 0 saturated heterocycles. The fourth-order valence-electron chi connectivity index (χ4n) is 1.84. The van der Waals surface area contributed by atoms with E-state index in [0.29, 0.717) is 17.8 Å². The van der Waals surface area contributed by atoms with Crippen LogP contribution < -0.4 is 0 Å². The van der Waals surface area contributed by atoms with Crippen molar-refractivity contribution >= 4 is 5.71 Å². The molecule has 6 heteroatoms. The van der Waals surface area contributed by atoms with Crippen LogP contribution in [-0.4, -0.2) is 15.9 Å². The maximum Gasteiger partial charge on any atom is 0.416 e. The molecule has 0 unspecified atom stereocenters. The number of hydrogen-bond donors (Lipinski definition) is 2. The Balaban J connectivity index is 2.12. The summed E-state index contributed by atoms with van der Waals surface area (Å²) in [4.78, 5) is 3.04. The van der Waals surface area contributed by atoms with Gasteiger partial charge in [-0.1, -0.05) is 17.3 Å². The highest BCUT2D eigenvalue weighted by molar-refractivity contribution is 5.96. The first-order valence-electron chi connectivity index (χ1n) is 5.93. The number of halogens is 3. The molecule has 0 fully saturated rings. The van der Waals surface area contributed by atoms with Crippen LogP contribution in [0, 0.1) is 0 Å². The summed E-state index contributed by atoms with van der Waals surface area (Å²) in [7, 11) is 0. The highest BCUT2D eigenvalue weighted by Gasteiger charge is 2.29. The zero-order valence-electron chi connectivity index (χ0n) is 10.7. The first-order valence-corrected chi connectivity index (χ1v) is 5.93. The molecule has 2 rings (SSSR count). The monoisotopic (exact) mass is 282 g/mol. The lowest BCUT2D eigenvalue weighted by molar-refractivity contribution is -0.137. The number of rotatable bonds is 3. The number of oxime groups is 1. The van der Waals surface area contributed by atoms with Gasteiger partial charge >= 0.3 is 6.18 Å². The molecular formula is C14H13F3N2O. The predicted molar refractivity (Wildman–Crippen MR) is 69.0 cm³/mol. The molecule has 0 atom stereocenters. The van der Waals surface area contributed by atoms with Crippen molar-refractivity contribution in [3.8, 4) is 0 Å². The quantitative estimate of drug-likeness (QED) is 0.502. The molecule has 0 spiro atoms. The zero-order valence-corrected chi connectivity index (χ0v) is 10.7. The topological polar surface area (TPSA) is 48.4 Å². The van der Waals surface area contributed by atoms with E-state index in [9.17, 15) is 13.2 Å². The van der Waals surface area contributed by atoms with E-state index in [1.807, 2.05) is 6.07 Å². The van der Waals surface area contributed by atoms with Gasteiger partial charge in [-0.25, -0.2) is 0 Å². The molecule has 2 aromatic rings. The molecule has 3 nitrogen and oxygen atoms in total. The van der Waals surface area contributed by atoms with E-state index in [0.717, 1.165) is 23.4 Å². The van der Waals surface area contributed by atoms with Crippen molar-refractivity contribution in [3.05, 3.63) is 58.9 Å². The Morgan fingerprint density at radius 1 is 1.15 bits per heavy atom. The fourth-order valence-corrected chi connectivity index (χ4v) is 1.84. The summed E-state index contributed by atoms with van der Waals surface area (Å²) in [6.45, 7) is 1.65. The molecule has 2 N–H and O–H groups in total. The second kappa shape index (κ2) is 5.40. The van der Waals surface area contributed by atoms with E-state index in [4.69, 9.17) is 5.21 Å². The van der Waals surface area contributed by atoms with Crippen molar-refractivity contribution in [2.45, 2.75) is 19.5 Å². The Kier molecular flexibility index (Phi) is 3.83. The van der Waals surface area contributed by atoms with Gasteiger partial charge in [0, 0.05) is 12.1 Å². The number of aromatic nitrogens is 1. The van der Waals surface area contributed by atoms with Gasteiger partial charge in [0.1, 0.15) is 0 Å². The van der Waals surface area contributed by atoms with Crippen molar-refractivity contribution in [2.24, 2.45) is 5.16 Å². The molecule has 1 aromatic heterocycles. The first kappa shape index (κ1) is 14.2. The van der Waals surface area contributed by atoms with Crippen molar-refractivity contribution in [1.29, 1.82) is 0 Å². The molecule has 106 valence electrons. The van der Waals surface area contributed by atoms with Gasteiger partial charge in [-0.15, -0.1) is 0 Å². The summed E-state index contributed by atoms with van der Waals surface area (Å²) < 4.78 is 37.3. The number of benzene rings is 1. The molecular weight excluding hydrogens is 269 g/mol. The third-order valence-corrected chi connectivity index (χ3v) is 2.96. The highest BCUT2D eigenvalue weighted by atomic mass is 19.4. The Bertz CT molecular complexity index is 612. The molecule has 0 radical (unpaired) electrons. The van der Waals surface area contributed by atoms with Crippen molar-refractivity contribution in [2.75, 3.05) is 0 Å². The molecule has 20 heavy (non-hydrogen) atoms. The van der Waals surface area contributed by atoms with Gasteiger partial charge in [-0.05, 0) is 36.8 Å². The van der Waals surface area contributed by atoms with Crippen LogP contribution >= 0.6 is 0 Å². The summed E-state index contributed by atoms with van der Waals surface area (Å²) in [5.74, 6) is 0. The molecule has 1 aromatic carbocycles. The number of nitrogens with one attached hydrogen (secondary N) is 1. The van der Waals surface area contributed by atoms with Crippen LogP contribution in [0.4, 0.5) is 13.2 Å². The Morgan fingerprint density at radius 2 is 1.80 bits per heavy atom. The number of alkyl halides is 3. The van der Waals surface area contributed by atoms with Crippen LogP contribution in [0.5, 0.6) is 0 Å². The average Bonchev–Trinajstić information content (AvgIpc) is 2.86. The largest absolute Gasteiger partial charge is 0.416 e. The highest BCUT2D eigenvalue weighted by Crippen LogP contribution is 2.29. The fraction of sp³-hybridized carbons (Fsp3) is 0.214. The minimum atomic E-state index is -4.31. The van der Waals surface area contributed by atoms with Crippen LogP contribution in [0.25, 0.3) is 0 Å². The molecule has 0 saturated carbocycles. The summed E-state index contributed by atoms with van der Waals surface area (Å²) in [5.41, 5.74) is 2.07. The van der Waals surface area contributed by atoms with Crippen LogP contribution in [0.2, 0.25) is 0 Å². The lowest BCUT2D eigenvalue weighted by Gasteiger charge is -2.07. The number of aromatic amines is 1. The van der Waals surface area contributed by atoms with Crippen LogP contribution in [-0.2, 0) is 12.6 Å². The van der Waals surface area contributed by atoms with Crippen LogP contribution in [0.1, 0.15) is 29.4 Å². The number of nitrogens with zero attached hydrogens (tertiary/aromatic N) is 1.